The van der Waals surface area contributed by atoms with Crippen LogP contribution >= 0.6 is 15.9 Å². The maximum absolute atomic E-state index is 11.6. The summed E-state index contributed by atoms with van der Waals surface area (Å²) in [5.74, 6) is 1.69. The Morgan fingerprint density at radius 1 is 1.45 bits per heavy atom. The molecule has 0 radical (unpaired) electrons. The van der Waals surface area contributed by atoms with Gasteiger partial charge in [0.05, 0.1) is 5.56 Å². The Balaban J connectivity index is 2.12. The number of halogens is 1. The van der Waals surface area contributed by atoms with Gasteiger partial charge in [-0.3, -0.25) is 4.79 Å². The number of ketones is 1. The molecule has 6 heteroatoms. The lowest BCUT2D eigenvalue weighted by molar-refractivity contribution is 0.101. The first-order chi connectivity index (χ1) is 9.47. The summed E-state index contributed by atoms with van der Waals surface area (Å²) in [5.41, 5.74) is 0.517. The summed E-state index contributed by atoms with van der Waals surface area (Å²) in [7, 11) is 0. The van der Waals surface area contributed by atoms with Crippen LogP contribution < -0.4 is 4.74 Å². The standard InChI is InChI=1S/C14H15BrN2O3/c1-8(2)14-16-13(20-17-14)7-19-12-5-4-10(15)6-11(12)9(3)18/h4-6,8H,7H2,1-3H3. The molecule has 1 aromatic carbocycles. The van der Waals surface area contributed by atoms with Gasteiger partial charge in [0.1, 0.15) is 5.75 Å². The third kappa shape index (κ3) is 3.45. The van der Waals surface area contributed by atoms with E-state index in [-0.39, 0.29) is 18.3 Å². The van der Waals surface area contributed by atoms with Crippen LogP contribution in [0, 0.1) is 0 Å². The molecule has 2 rings (SSSR count). The molecule has 0 bridgehead atoms. The van der Waals surface area contributed by atoms with E-state index in [2.05, 4.69) is 26.1 Å². The fraction of sp³-hybridized carbons (Fsp3) is 0.357. The van der Waals surface area contributed by atoms with Crippen molar-refractivity contribution in [3.63, 3.8) is 0 Å². The predicted octanol–water partition coefficient (Wildman–Crippen LogP) is 3.74. The zero-order chi connectivity index (χ0) is 14.7. The average Bonchev–Trinajstić information content (AvgIpc) is 2.86. The Hall–Kier alpha value is -1.69. The lowest BCUT2D eigenvalue weighted by Crippen LogP contribution is -2.02. The molecule has 0 atom stereocenters. The van der Waals surface area contributed by atoms with Gasteiger partial charge in [-0.1, -0.05) is 34.9 Å². The third-order valence-electron chi connectivity index (χ3n) is 2.67. The highest BCUT2D eigenvalue weighted by molar-refractivity contribution is 9.10. The summed E-state index contributed by atoms with van der Waals surface area (Å²) >= 11 is 3.33. The maximum Gasteiger partial charge on any atom is 0.264 e. The topological polar surface area (TPSA) is 65.2 Å². The van der Waals surface area contributed by atoms with E-state index in [1.165, 1.54) is 6.92 Å². The van der Waals surface area contributed by atoms with E-state index in [4.69, 9.17) is 9.26 Å². The van der Waals surface area contributed by atoms with Crippen molar-refractivity contribution in [2.75, 3.05) is 0 Å². The van der Waals surface area contributed by atoms with Crippen LogP contribution in [0.4, 0.5) is 0 Å². The summed E-state index contributed by atoms with van der Waals surface area (Å²) in [6.45, 7) is 5.61. The van der Waals surface area contributed by atoms with Crippen LogP contribution in [0.5, 0.6) is 5.75 Å². The van der Waals surface area contributed by atoms with Gasteiger partial charge < -0.3 is 9.26 Å². The van der Waals surface area contributed by atoms with Crippen LogP contribution in [0.1, 0.15) is 48.8 Å². The smallest absolute Gasteiger partial charge is 0.264 e. The van der Waals surface area contributed by atoms with Crippen molar-refractivity contribution in [3.05, 3.63) is 40.0 Å². The Labute approximate surface area is 125 Å². The van der Waals surface area contributed by atoms with Gasteiger partial charge in [-0.05, 0) is 25.1 Å². The van der Waals surface area contributed by atoms with Gasteiger partial charge in [0.25, 0.3) is 5.89 Å². The summed E-state index contributed by atoms with van der Waals surface area (Å²) in [6.07, 6.45) is 0. The minimum atomic E-state index is -0.0605. The molecular weight excluding hydrogens is 324 g/mol. The molecule has 0 fully saturated rings. The molecule has 0 saturated heterocycles. The van der Waals surface area contributed by atoms with E-state index in [9.17, 15) is 4.79 Å². The van der Waals surface area contributed by atoms with Crippen LogP contribution in [-0.2, 0) is 6.61 Å². The van der Waals surface area contributed by atoms with E-state index in [1.54, 1.807) is 12.1 Å². The number of carbonyl (C=O) groups is 1. The van der Waals surface area contributed by atoms with Crippen LogP contribution in [0.3, 0.4) is 0 Å². The fourth-order valence-corrected chi connectivity index (χ4v) is 1.96. The van der Waals surface area contributed by atoms with Crippen molar-refractivity contribution in [1.82, 2.24) is 10.1 Å². The zero-order valence-electron chi connectivity index (χ0n) is 11.5. The minimum absolute atomic E-state index is 0.0605. The number of ether oxygens (including phenoxy) is 1. The van der Waals surface area contributed by atoms with E-state index in [1.807, 2.05) is 19.9 Å². The molecule has 0 amide bonds. The second-order valence-corrected chi connectivity index (χ2v) is 5.60. The molecule has 5 nitrogen and oxygen atoms in total. The lowest BCUT2D eigenvalue weighted by Gasteiger charge is -2.08. The van der Waals surface area contributed by atoms with Crippen LogP contribution in [0.2, 0.25) is 0 Å². The number of nitrogens with zero attached hydrogens (tertiary/aromatic N) is 2. The monoisotopic (exact) mass is 338 g/mol. The number of carbonyl (C=O) groups excluding carboxylic acids is 1. The average molecular weight is 339 g/mol. The molecule has 106 valence electrons. The summed E-state index contributed by atoms with van der Waals surface area (Å²) in [6, 6.07) is 5.28. The molecule has 20 heavy (non-hydrogen) atoms. The van der Waals surface area contributed by atoms with E-state index >= 15 is 0 Å². The Morgan fingerprint density at radius 2 is 2.20 bits per heavy atom. The van der Waals surface area contributed by atoms with Gasteiger partial charge in [0.15, 0.2) is 18.2 Å². The summed E-state index contributed by atoms with van der Waals surface area (Å²) in [4.78, 5) is 15.8. The Kier molecular flexibility index (Phi) is 4.54. The normalized spacial score (nSPS) is 10.8. The van der Waals surface area contributed by atoms with Gasteiger partial charge in [0, 0.05) is 10.4 Å². The number of benzene rings is 1. The van der Waals surface area contributed by atoms with Crippen molar-refractivity contribution in [3.8, 4) is 5.75 Å². The van der Waals surface area contributed by atoms with E-state index in [0.29, 0.717) is 23.0 Å². The van der Waals surface area contributed by atoms with Gasteiger partial charge >= 0.3 is 0 Å². The van der Waals surface area contributed by atoms with Gasteiger partial charge in [-0.25, -0.2) is 0 Å². The molecule has 0 spiro atoms. The van der Waals surface area contributed by atoms with Gasteiger partial charge in [-0.15, -0.1) is 0 Å². The van der Waals surface area contributed by atoms with Crippen molar-refractivity contribution in [2.24, 2.45) is 0 Å². The van der Waals surface area contributed by atoms with Gasteiger partial charge in [0.2, 0.25) is 0 Å². The van der Waals surface area contributed by atoms with Crippen LogP contribution in [-0.4, -0.2) is 15.9 Å². The Bertz CT molecular complexity index is 623. The molecule has 0 aliphatic carbocycles. The van der Waals surface area contributed by atoms with Gasteiger partial charge in [-0.2, -0.15) is 4.98 Å². The predicted molar refractivity (Wildman–Crippen MR) is 76.9 cm³/mol. The van der Waals surface area contributed by atoms with E-state index in [0.717, 1.165) is 4.47 Å². The second kappa shape index (κ2) is 6.17. The molecule has 0 unspecified atom stereocenters. The highest BCUT2D eigenvalue weighted by Crippen LogP contribution is 2.24. The summed E-state index contributed by atoms with van der Waals surface area (Å²) in [5, 5.41) is 3.86. The SMILES string of the molecule is CC(=O)c1cc(Br)ccc1OCc1nc(C(C)C)no1. The molecule has 0 saturated carbocycles. The first-order valence-corrected chi connectivity index (χ1v) is 7.02. The number of Topliss-reactive ketones (excluding diaryl/α,β-unsaturated/α-hetero) is 1. The molecule has 2 aromatic rings. The lowest BCUT2D eigenvalue weighted by atomic mass is 10.1. The summed E-state index contributed by atoms with van der Waals surface area (Å²) < 4.78 is 11.5. The van der Waals surface area contributed by atoms with Crippen LogP contribution in [0.15, 0.2) is 27.2 Å². The minimum Gasteiger partial charge on any atom is -0.483 e. The molecule has 1 heterocycles. The molecule has 0 aliphatic rings. The maximum atomic E-state index is 11.6. The first-order valence-electron chi connectivity index (χ1n) is 6.23. The molecule has 0 aliphatic heterocycles. The van der Waals surface area contributed by atoms with E-state index < -0.39 is 0 Å². The first kappa shape index (κ1) is 14.7. The van der Waals surface area contributed by atoms with Crippen LogP contribution in [0.25, 0.3) is 0 Å². The molecule has 0 N–H and O–H groups in total. The molecule has 1 aromatic heterocycles. The second-order valence-electron chi connectivity index (χ2n) is 4.69. The largest absolute Gasteiger partial charge is 0.483 e. The Morgan fingerprint density at radius 3 is 2.80 bits per heavy atom. The van der Waals surface area contributed by atoms with Crippen molar-refractivity contribution < 1.29 is 14.1 Å². The molecular formula is C14H15BrN2O3. The highest BCUT2D eigenvalue weighted by Gasteiger charge is 2.13. The van der Waals surface area contributed by atoms with Crippen molar-refractivity contribution >= 4 is 21.7 Å². The highest BCUT2D eigenvalue weighted by atomic mass is 79.9. The third-order valence-corrected chi connectivity index (χ3v) is 3.17. The number of hydrogen-bond acceptors (Lipinski definition) is 5. The number of rotatable bonds is 5. The zero-order valence-corrected chi connectivity index (χ0v) is 13.1. The van der Waals surface area contributed by atoms with Crippen molar-refractivity contribution in [2.45, 2.75) is 33.3 Å². The number of aromatic nitrogens is 2. The fourth-order valence-electron chi connectivity index (χ4n) is 1.60. The number of hydrogen-bond donors (Lipinski definition) is 0. The quantitative estimate of drug-likeness (QED) is 0.777. The van der Waals surface area contributed by atoms with Crippen molar-refractivity contribution in [1.29, 1.82) is 0 Å².